The molecule has 0 amide bonds. The molecule has 0 bridgehead atoms. The largest absolute Gasteiger partial charge is 0.379 e. The number of ether oxygens (including phenoxy) is 1. The number of halogens is 1. The van der Waals surface area contributed by atoms with Crippen LogP contribution in [-0.2, 0) is 24.8 Å². The van der Waals surface area contributed by atoms with Crippen LogP contribution in [0.5, 0.6) is 0 Å². The molecule has 7 nitrogen and oxygen atoms in total. The van der Waals surface area contributed by atoms with E-state index in [2.05, 4.69) is 4.72 Å². The summed E-state index contributed by atoms with van der Waals surface area (Å²) in [5.74, 6) is 0. The SMILES string of the molecule is Cc1ccc(C)c(S(=O)(=O)Nc2cc(S(=O)(=O)N3CCOCC3)ccc2Cl)c1. The molecule has 1 heterocycles. The predicted molar refractivity (Wildman–Crippen MR) is 108 cm³/mol. The third-order valence-electron chi connectivity index (χ3n) is 4.42. The van der Waals surface area contributed by atoms with E-state index in [0.29, 0.717) is 18.8 Å². The first-order chi connectivity index (χ1) is 13.1. The van der Waals surface area contributed by atoms with E-state index in [-0.39, 0.29) is 33.6 Å². The zero-order chi connectivity index (χ0) is 20.5. The van der Waals surface area contributed by atoms with Gasteiger partial charge in [0, 0.05) is 13.1 Å². The standard InChI is InChI=1S/C18H21ClN2O5S2/c1-13-3-4-14(2)18(11-13)27(22,23)20-17-12-15(5-6-16(17)19)28(24,25)21-7-9-26-10-8-21/h3-6,11-12,20H,7-10H2,1-2H3. The lowest BCUT2D eigenvalue weighted by Gasteiger charge is -2.26. The summed E-state index contributed by atoms with van der Waals surface area (Å²) in [6, 6.07) is 9.07. The number of sulfonamides is 2. The minimum atomic E-state index is -3.94. The number of hydrogen-bond acceptors (Lipinski definition) is 5. The molecule has 1 fully saturated rings. The van der Waals surface area contributed by atoms with E-state index in [4.69, 9.17) is 16.3 Å². The lowest BCUT2D eigenvalue weighted by Crippen LogP contribution is -2.40. The molecule has 1 N–H and O–H groups in total. The Hall–Kier alpha value is -1.65. The fourth-order valence-electron chi connectivity index (χ4n) is 2.88. The lowest BCUT2D eigenvalue weighted by atomic mass is 10.2. The first kappa shape index (κ1) is 21.1. The molecular weight excluding hydrogens is 424 g/mol. The minimum absolute atomic E-state index is 0.0110. The highest BCUT2D eigenvalue weighted by atomic mass is 35.5. The second-order valence-electron chi connectivity index (χ2n) is 6.53. The highest BCUT2D eigenvalue weighted by molar-refractivity contribution is 7.92. The molecule has 0 atom stereocenters. The molecule has 152 valence electrons. The number of nitrogens with one attached hydrogen (secondary N) is 1. The summed E-state index contributed by atoms with van der Waals surface area (Å²) < 4.78 is 60.3. The molecule has 2 aromatic carbocycles. The van der Waals surface area contributed by atoms with Gasteiger partial charge in [0.25, 0.3) is 10.0 Å². The van der Waals surface area contributed by atoms with Crippen LogP contribution in [0.4, 0.5) is 5.69 Å². The van der Waals surface area contributed by atoms with Crippen LogP contribution >= 0.6 is 11.6 Å². The second kappa shape index (κ2) is 8.00. The van der Waals surface area contributed by atoms with Gasteiger partial charge in [0.05, 0.1) is 33.7 Å². The summed E-state index contributed by atoms with van der Waals surface area (Å²) in [7, 11) is -7.72. The number of benzene rings is 2. The van der Waals surface area contributed by atoms with Gasteiger partial charge < -0.3 is 4.74 Å². The second-order valence-corrected chi connectivity index (χ2v) is 10.5. The molecule has 10 heteroatoms. The normalized spacial score (nSPS) is 16.1. The molecule has 0 aliphatic carbocycles. The third-order valence-corrected chi connectivity index (χ3v) is 8.15. The van der Waals surface area contributed by atoms with Gasteiger partial charge >= 0.3 is 0 Å². The van der Waals surface area contributed by atoms with Crippen molar-refractivity contribution in [1.82, 2.24) is 4.31 Å². The number of morpholine rings is 1. The van der Waals surface area contributed by atoms with Crippen molar-refractivity contribution in [3.05, 3.63) is 52.5 Å². The molecule has 3 rings (SSSR count). The van der Waals surface area contributed by atoms with E-state index in [9.17, 15) is 16.8 Å². The molecule has 1 saturated heterocycles. The Bertz CT molecular complexity index is 1090. The van der Waals surface area contributed by atoms with Gasteiger partial charge in [-0.3, -0.25) is 4.72 Å². The average molecular weight is 445 g/mol. The van der Waals surface area contributed by atoms with Crippen LogP contribution in [0.15, 0.2) is 46.2 Å². The summed E-state index contributed by atoms with van der Waals surface area (Å²) in [5.41, 5.74) is 1.38. The lowest BCUT2D eigenvalue weighted by molar-refractivity contribution is 0.0730. The van der Waals surface area contributed by atoms with Crippen LogP contribution in [0, 0.1) is 13.8 Å². The monoisotopic (exact) mass is 444 g/mol. The van der Waals surface area contributed by atoms with Gasteiger partial charge in [-0.05, 0) is 49.2 Å². The fraction of sp³-hybridized carbons (Fsp3) is 0.333. The number of hydrogen-bond donors (Lipinski definition) is 1. The van der Waals surface area contributed by atoms with Crippen molar-refractivity contribution >= 4 is 37.3 Å². The molecular formula is C18H21ClN2O5S2. The number of nitrogens with zero attached hydrogens (tertiary/aromatic N) is 1. The van der Waals surface area contributed by atoms with Gasteiger partial charge in [0.1, 0.15) is 0 Å². The topological polar surface area (TPSA) is 92.8 Å². The molecule has 0 radical (unpaired) electrons. The van der Waals surface area contributed by atoms with E-state index in [0.717, 1.165) is 5.56 Å². The van der Waals surface area contributed by atoms with Crippen molar-refractivity contribution < 1.29 is 21.6 Å². The maximum atomic E-state index is 12.8. The van der Waals surface area contributed by atoms with Crippen LogP contribution in [-0.4, -0.2) is 47.4 Å². The molecule has 1 aliphatic heterocycles. The van der Waals surface area contributed by atoms with Gasteiger partial charge in [-0.15, -0.1) is 0 Å². The molecule has 0 spiro atoms. The zero-order valence-electron chi connectivity index (χ0n) is 15.5. The Kier molecular flexibility index (Phi) is 6.02. The van der Waals surface area contributed by atoms with Crippen LogP contribution in [0.25, 0.3) is 0 Å². The summed E-state index contributed by atoms with van der Waals surface area (Å²) in [6.45, 7) is 4.61. The maximum absolute atomic E-state index is 12.8. The Morgan fingerprint density at radius 2 is 1.68 bits per heavy atom. The summed E-state index contributed by atoms with van der Waals surface area (Å²) in [4.78, 5) is 0.0856. The van der Waals surface area contributed by atoms with Crippen molar-refractivity contribution in [2.75, 3.05) is 31.0 Å². The van der Waals surface area contributed by atoms with E-state index in [1.54, 1.807) is 26.0 Å². The highest BCUT2D eigenvalue weighted by Gasteiger charge is 2.27. The van der Waals surface area contributed by atoms with Crippen LogP contribution in [0.2, 0.25) is 5.02 Å². The molecule has 28 heavy (non-hydrogen) atoms. The van der Waals surface area contributed by atoms with Crippen LogP contribution in [0.1, 0.15) is 11.1 Å². The number of aryl methyl sites for hydroxylation is 2. The molecule has 1 aliphatic rings. The predicted octanol–water partition coefficient (Wildman–Crippen LogP) is 2.78. The van der Waals surface area contributed by atoms with Crippen molar-refractivity contribution in [1.29, 1.82) is 0 Å². The van der Waals surface area contributed by atoms with Gasteiger partial charge in [-0.25, -0.2) is 16.8 Å². The van der Waals surface area contributed by atoms with Gasteiger partial charge in [-0.2, -0.15) is 4.31 Å². The highest BCUT2D eigenvalue weighted by Crippen LogP contribution is 2.30. The summed E-state index contributed by atoms with van der Waals surface area (Å²) >= 11 is 6.14. The molecule has 0 aromatic heterocycles. The van der Waals surface area contributed by atoms with E-state index in [1.807, 2.05) is 6.07 Å². The minimum Gasteiger partial charge on any atom is -0.379 e. The van der Waals surface area contributed by atoms with Crippen molar-refractivity contribution in [3.63, 3.8) is 0 Å². The van der Waals surface area contributed by atoms with E-state index >= 15 is 0 Å². The molecule has 0 unspecified atom stereocenters. The smallest absolute Gasteiger partial charge is 0.262 e. The van der Waals surface area contributed by atoms with E-state index < -0.39 is 20.0 Å². The van der Waals surface area contributed by atoms with Gasteiger partial charge in [0.2, 0.25) is 10.0 Å². The van der Waals surface area contributed by atoms with Crippen molar-refractivity contribution in [2.45, 2.75) is 23.6 Å². The van der Waals surface area contributed by atoms with Gasteiger partial charge in [0.15, 0.2) is 0 Å². The Morgan fingerprint density at radius 1 is 1.00 bits per heavy atom. The van der Waals surface area contributed by atoms with Crippen LogP contribution < -0.4 is 4.72 Å². The molecule has 0 saturated carbocycles. The average Bonchev–Trinajstić information content (AvgIpc) is 2.66. The van der Waals surface area contributed by atoms with Crippen molar-refractivity contribution in [3.8, 4) is 0 Å². The van der Waals surface area contributed by atoms with Crippen molar-refractivity contribution in [2.24, 2.45) is 0 Å². The third kappa shape index (κ3) is 4.33. The summed E-state index contributed by atoms with van der Waals surface area (Å²) in [5, 5.41) is 0.106. The van der Waals surface area contributed by atoms with Gasteiger partial charge in [-0.1, -0.05) is 23.7 Å². The summed E-state index contributed by atoms with van der Waals surface area (Å²) in [6.07, 6.45) is 0. The Balaban J connectivity index is 1.97. The first-order valence-corrected chi connectivity index (χ1v) is 11.9. The Morgan fingerprint density at radius 3 is 2.36 bits per heavy atom. The maximum Gasteiger partial charge on any atom is 0.262 e. The quantitative estimate of drug-likeness (QED) is 0.765. The fourth-order valence-corrected chi connectivity index (χ4v) is 5.93. The number of anilines is 1. The Labute approximate surface area is 170 Å². The van der Waals surface area contributed by atoms with E-state index in [1.165, 1.54) is 22.5 Å². The van der Waals surface area contributed by atoms with Crippen LogP contribution in [0.3, 0.4) is 0 Å². The first-order valence-electron chi connectivity index (χ1n) is 8.59. The molecule has 2 aromatic rings. The number of rotatable bonds is 5. The zero-order valence-corrected chi connectivity index (χ0v) is 17.9.